The standard InChI is InChI=1S/C23H28FN3O6S/c1-3-26(4-2)34(31,32)20-9-10-21(22(15-20)27(29)30)25-13-11-18(12-14-25)23(28)33-16-17-5-7-19(24)8-6-17/h5-10,15,18H,3-4,11-14,16H2,1-2H3. The van der Waals surface area contributed by atoms with Gasteiger partial charge in [-0.05, 0) is 42.7 Å². The number of esters is 1. The molecule has 184 valence electrons. The summed E-state index contributed by atoms with van der Waals surface area (Å²) in [5.41, 5.74) is 0.717. The lowest BCUT2D eigenvalue weighted by Gasteiger charge is -2.32. The zero-order valence-electron chi connectivity index (χ0n) is 19.1. The van der Waals surface area contributed by atoms with Crippen LogP contribution in [0.5, 0.6) is 0 Å². The maximum atomic E-state index is 13.0. The van der Waals surface area contributed by atoms with Crippen molar-refractivity contribution in [1.82, 2.24) is 4.31 Å². The second-order valence-electron chi connectivity index (χ2n) is 7.99. The number of sulfonamides is 1. The van der Waals surface area contributed by atoms with E-state index >= 15 is 0 Å². The first-order chi connectivity index (χ1) is 16.2. The summed E-state index contributed by atoms with van der Waals surface area (Å²) in [6.45, 7) is 4.77. The van der Waals surface area contributed by atoms with E-state index in [1.54, 1.807) is 30.9 Å². The van der Waals surface area contributed by atoms with Crippen LogP contribution in [0.25, 0.3) is 0 Å². The minimum atomic E-state index is -3.83. The molecule has 1 aliphatic rings. The lowest BCUT2D eigenvalue weighted by molar-refractivity contribution is -0.384. The second kappa shape index (κ2) is 10.9. The third kappa shape index (κ3) is 5.71. The second-order valence-corrected chi connectivity index (χ2v) is 9.93. The third-order valence-corrected chi connectivity index (χ3v) is 8.00. The number of nitrogens with zero attached hydrogens (tertiary/aromatic N) is 3. The zero-order chi connectivity index (χ0) is 24.9. The molecule has 0 aliphatic carbocycles. The van der Waals surface area contributed by atoms with Crippen molar-refractivity contribution in [2.45, 2.75) is 38.2 Å². The Morgan fingerprint density at radius 1 is 1.15 bits per heavy atom. The molecule has 1 heterocycles. The minimum Gasteiger partial charge on any atom is -0.461 e. The van der Waals surface area contributed by atoms with E-state index in [0.29, 0.717) is 37.2 Å². The van der Waals surface area contributed by atoms with Crippen LogP contribution in [0.15, 0.2) is 47.4 Å². The third-order valence-electron chi connectivity index (χ3n) is 5.95. The molecule has 0 radical (unpaired) electrons. The van der Waals surface area contributed by atoms with Crippen LogP contribution in [0.1, 0.15) is 32.3 Å². The molecule has 0 spiro atoms. The monoisotopic (exact) mass is 493 g/mol. The molecule has 0 amide bonds. The fourth-order valence-electron chi connectivity index (χ4n) is 4.00. The van der Waals surface area contributed by atoms with Crippen molar-refractivity contribution in [3.05, 3.63) is 64.0 Å². The predicted molar refractivity (Wildman–Crippen MR) is 124 cm³/mol. The van der Waals surface area contributed by atoms with Gasteiger partial charge in [0.2, 0.25) is 10.0 Å². The highest BCUT2D eigenvalue weighted by Crippen LogP contribution is 2.34. The summed E-state index contributed by atoms with van der Waals surface area (Å²) < 4.78 is 45.1. The van der Waals surface area contributed by atoms with E-state index in [1.807, 2.05) is 0 Å². The molecule has 0 atom stereocenters. The molecular weight excluding hydrogens is 465 g/mol. The summed E-state index contributed by atoms with van der Waals surface area (Å²) in [5, 5.41) is 11.7. The van der Waals surface area contributed by atoms with Crippen LogP contribution in [0, 0.1) is 21.8 Å². The number of nitro groups is 1. The first-order valence-electron chi connectivity index (χ1n) is 11.1. The largest absolute Gasteiger partial charge is 0.461 e. The van der Waals surface area contributed by atoms with Crippen LogP contribution < -0.4 is 4.90 Å². The zero-order valence-corrected chi connectivity index (χ0v) is 20.0. The fourth-order valence-corrected chi connectivity index (χ4v) is 5.48. The van der Waals surface area contributed by atoms with Gasteiger partial charge in [-0.3, -0.25) is 14.9 Å². The van der Waals surface area contributed by atoms with Gasteiger partial charge in [0.1, 0.15) is 18.1 Å². The summed E-state index contributed by atoms with van der Waals surface area (Å²) in [6, 6.07) is 9.65. The van der Waals surface area contributed by atoms with Gasteiger partial charge in [0.25, 0.3) is 5.69 Å². The van der Waals surface area contributed by atoms with Crippen LogP contribution >= 0.6 is 0 Å². The van der Waals surface area contributed by atoms with E-state index in [-0.39, 0.29) is 48.0 Å². The molecule has 1 aliphatic heterocycles. The molecule has 1 saturated heterocycles. The number of anilines is 1. The molecule has 34 heavy (non-hydrogen) atoms. The van der Waals surface area contributed by atoms with Crippen molar-refractivity contribution in [1.29, 1.82) is 0 Å². The highest BCUT2D eigenvalue weighted by molar-refractivity contribution is 7.89. The molecular formula is C23H28FN3O6S. The quantitative estimate of drug-likeness (QED) is 0.297. The number of ether oxygens (including phenoxy) is 1. The van der Waals surface area contributed by atoms with Gasteiger partial charge in [-0.15, -0.1) is 0 Å². The van der Waals surface area contributed by atoms with Crippen molar-refractivity contribution in [3.63, 3.8) is 0 Å². The summed E-state index contributed by atoms with van der Waals surface area (Å²) >= 11 is 0. The number of carbonyl (C=O) groups excluding carboxylic acids is 1. The minimum absolute atomic E-state index is 0.0489. The smallest absolute Gasteiger partial charge is 0.309 e. The molecule has 0 saturated carbocycles. The van der Waals surface area contributed by atoms with Gasteiger partial charge < -0.3 is 9.64 Å². The lowest BCUT2D eigenvalue weighted by Crippen LogP contribution is -2.37. The number of benzene rings is 2. The van der Waals surface area contributed by atoms with Crippen molar-refractivity contribution >= 4 is 27.4 Å². The van der Waals surface area contributed by atoms with Gasteiger partial charge in [0, 0.05) is 32.2 Å². The normalized spacial score (nSPS) is 14.9. The molecule has 0 N–H and O–H groups in total. The van der Waals surface area contributed by atoms with Gasteiger partial charge >= 0.3 is 5.97 Å². The fraction of sp³-hybridized carbons (Fsp3) is 0.435. The Morgan fingerprint density at radius 3 is 2.32 bits per heavy atom. The topological polar surface area (TPSA) is 110 Å². The Bertz CT molecular complexity index is 1130. The van der Waals surface area contributed by atoms with Gasteiger partial charge in [-0.2, -0.15) is 4.31 Å². The number of halogens is 1. The van der Waals surface area contributed by atoms with Crippen LogP contribution in [0.2, 0.25) is 0 Å². The maximum Gasteiger partial charge on any atom is 0.309 e. The molecule has 9 nitrogen and oxygen atoms in total. The molecule has 0 aromatic heterocycles. The summed E-state index contributed by atoms with van der Waals surface area (Å²) in [6.07, 6.45) is 0.887. The molecule has 0 bridgehead atoms. The van der Waals surface area contributed by atoms with Gasteiger partial charge in [-0.25, -0.2) is 12.8 Å². The first-order valence-corrected chi connectivity index (χ1v) is 12.6. The molecule has 0 unspecified atom stereocenters. The van der Waals surface area contributed by atoms with E-state index in [2.05, 4.69) is 0 Å². The molecule has 2 aromatic carbocycles. The SMILES string of the molecule is CCN(CC)S(=O)(=O)c1ccc(N2CCC(C(=O)OCc3ccc(F)cc3)CC2)c([N+](=O)[O-])c1. The van der Waals surface area contributed by atoms with Crippen molar-refractivity contribution in [3.8, 4) is 0 Å². The molecule has 1 fully saturated rings. The van der Waals surface area contributed by atoms with Crippen molar-refractivity contribution < 1.29 is 27.3 Å². The Kier molecular flexibility index (Phi) is 8.21. The van der Waals surface area contributed by atoms with Crippen LogP contribution in [0.3, 0.4) is 0 Å². The molecule has 2 aromatic rings. The summed E-state index contributed by atoms with van der Waals surface area (Å²) in [5.74, 6) is -1.08. The first kappa shape index (κ1) is 25.6. The van der Waals surface area contributed by atoms with Crippen LogP contribution in [-0.2, 0) is 26.2 Å². The van der Waals surface area contributed by atoms with E-state index in [0.717, 1.165) is 6.07 Å². The van der Waals surface area contributed by atoms with E-state index in [4.69, 9.17) is 4.74 Å². The molecule has 11 heteroatoms. The number of nitro benzene ring substituents is 1. The Balaban J connectivity index is 1.67. The molecule has 3 rings (SSSR count). The van der Waals surface area contributed by atoms with E-state index in [1.165, 1.54) is 28.6 Å². The number of carbonyl (C=O) groups is 1. The average molecular weight is 494 g/mol. The number of hydrogen-bond acceptors (Lipinski definition) is 7. The lowest BCUT2D eigenvalue weighted by atomic mass is 9.96. The number of rotatable bonds is 9. The van der Waals surface area contributed by atoms with Crippen molar-refractivity contribution in [2.24, 2.45) is 5.92 Å². The maximum absolute atomic E-state index is 13.0. The summed E-state index contributed by atoms with van der Waals surface area (Å²) in [7, 11) is -3.83. The Hall–Kier alpha value is -3.05. The van der Waals surface area contributed by atoms with Gasteiger partial charge in [-0.1, -0.05) is 26.0 Å². The van der Waals surface area contributed by atoms with Crippen LogP contribution in [0.4, 0.5) is 15.8 Å². The predicted octanol–water partition coefficient (Wildman–Crippen LogP) is 3.72. The van der Waals surface area contributed by atoms with Crippen LogP contribution in [-0.4, -0.2) is 49.8 Å². The summed E-state index contributed by atoms with van der Waals surface area (Å²) in [4.78, 5) is 25.3. The highest BCUT2D eigenvalue weighted by Gasteiger charge is 2.31. The Morgan fingerprint density at radius 2 is 1.76 bits per heavy atom. The highest BCUT2D eigenvalue weighted by atomic mass is 32.2. The number of hydrogen-bond donors (Lipinski definition) is 0. The van der Waals surface area contributed by atoms with Gasteiger partial charge in [0.05, 0.1) is 15.7 Å². The Labute approximate surface area is 198 Å². The van der Waals surface area contributed by atoms with E-state index in [9.17, 15) is 27.7 Å². The average Bonchev–Trinajstić information content (AvgIpc) is 2.83. The number of piperidine rings is 1. The van der Waals surface area contributed by atoms with Gasteiger partial charge in [0.15, 0.2) is 0 Å². The van der Waals surface area contributed by atoms with E-state index < -0.39 is 14.9 Å². The van der Waals surface area contributed by atoms with Crippen molar-refractivity contribution in [2.75, 3.05) is 31.1 Å².